The molecule has 1 aromatic carbocycles. The Hall–Kier alpha value is -1.42. The zero-order chi connectivity index (χ0) is 13.0. The number of aliphatic hydroxyl groups is 1. The largest absolute Gasteiger partial charge is 0.396 e. The van der Waals surface area contributed by atoms with Gasteiger partial charge < -0.3 is 10.0 Å². The molecule has 0 fully saturated rings. The summed E-state index contributed by atoms with van der Waals surface area (Å²) in [5.74, 6) is -0.993. The van der Waals surface area contributed by atoms with Gasteiger partial charge in [0, 0.05) is 12.7 Å². The van der Waals surface area contributed by atoms with Crippen LogP contribution in [0.2, 0.25) is 0 Å². The molecule has 0 saturated heterocycles. The van der Waals surface area contributed by atoms with E-state index in [4.69, 9.17) is 0 Å². The van der Waals surface area contributed by atoms with E-state index >= 15 is 0 Å². The quantitative estimate of drug-likeness (QED) is 0.873. The van der Waals surface area contributed by atoms with Gasteiger partial charge in [0.25, 0.3) is 0 Å². The Bertz CT molecular complexity index is 393. The van der Waals surface area contributed by atoms with Gasteiger partial charge in [-0.2, -0.15) is 0 Å². The normalized spacial score (nSPS) is 12.6. The lowest BCUT2D eigenvalue weighted by Crippen LogP contribution is -2.37. The van der Waals surface area contributed by atoms with Crippen molar-refractivity contribution in [2.24, 2.45) is 11.8 Å². The van der Waals surface area contributed by atoms with E-state index in [1.54, 1.807) is 19.2 Å². The SMILES string of the molecule is CC(C)C(CO)C(=O)N(C)c1cccc(F)c1. The molecule has 0 spiro atoms. The van der Waals surface area contributed by atoms with E-state index < -0.39 is 5.92 Å². The number of anilines is 1. The number of benzene rings is 1. The Labute approximate surface area is 101 Å². The Morgan fingerprint density at radius 1 is 1.47 bits per heavy atom. The van der Waals surface area contributed by atoms with Crippen molar-refractivity contribution in [2.75, 3.05) is 18.6 Å². The zero-order valence-electron chi connectivity index (χ0n) is 10.4. The number of halogens is 1. The average Bonchev–Trinajstić information content (AvgIpc) is 2.28. The fraction of sp³-hybridized carbons (Fsp3) is 0.462. The lowest BCUT2D eigenvalue weighted by atomic mass is 9.95. The minimum absolute atomic E-state index is 0.0449. The Kier molecular flexibility index (Phi) is 4.63. The number of hydrogen-bond acceptors (Lipinski definition) is 2. The fourth-order valence-corrected chi connectivity index (χ4v) is 1.63. The summed E-state index contributed by atoms with van der Waals surface area (Å²) in [5.41, 5.74) is 0.495. The van der Waals surface area contributed by atoms with Crippen LogP contribution in [0.3, 0.4) is 0 Å². The van der Waals surface area contributed by atoms with Crippen LogP contribution in [0, 0.1) is 17.7 Å². The molecule has 1 N–H and O–H groups in total. The van der Waals surface area contributed by atoms with Gasteiger partial charge in [0.2, 0.25) is 5.91 Å². The number of carbonyl (C=O) groups excluding carboxylic acids is 1. The Morgan fingerprint density at radius 3 is 2.59 bits per heavy atom. The predicted octanol–water partition coefficient (Wildman–Crippen LogP) is 2.05. The molecule has 0 aromatic heterocycles. The van der Waals surface area contributed by atoms with Crippen LogP contribution in [0.15, 0.2) is 24.3 Å². The number of nitrogens with zero attached hydrogens (tertiary/aromatic N) is 1. The second kappa shape index (κ2) is 5.77. The van der Waals surface area contributed by atoms with Crippen molar-refractivity contribution in [1.29, 1.82) is 0 Å². The smallest absolute Gasteiger partial charge is 0.232 e. The Morgan fingerprint density at radius 2 is 2.12 bits per heavy atom. The van der Waals surface area contributed by atoms with E-state index in [9.17, 15) is 14.3 Å². The molecule has 0 heterocycles. The van der Waals surface area contributed by atoms with Crippen molar-refractivity contribution in [2.45, 2.75) is 13.8 Å². The van der Waals surface area contributed by atoms with Crippen LogP contribution in [-0.2, 0) is 4.79 Å². The maximum atomic E-state index is 13.0. The first-order chi connectivity index (χ1) is 7.97. The van der Waals surface area contributed by atoms with Crippen molar-refractivity contribution in [3.8, 4) is 0 Å². The summed E-state index contributed by atoms with van der Waals surface area (Å²) in [6.07, 6.45) is 0. The standard InChI is InChI=1S/C13H18FNO2/c1-9(2)12(8-16)13(17)15(3)11-6-4-5-10(14)7-11/h4-7,9,12,16H,8H2,1-3H3. The first kappa shape index (κ1) is 13.6. The highest BCUT2D eigenvalue weighted by Gasteiger charge is 2.25. The van der Waals surface area contributed by atoms with E-state index in [1.807, 2.05) is 13.8 Å². The topological polar surface area (TPSA) is 40.5 Å². The molecule has 1 atom stereocenters. The second-order valence-corrected chi connectivity index (χ2v) is 4.41. The number of hydrogen-bond donors (Lipinski definition) is 1. The van der Waals surface area contributed by atoms with Gasteiger partial charge in [-0.05, 0) is 24.1 Å². The lowest BCUT2D eigenvalue weighted by molar-refractivity contribution is -0.124. The van der Waals surface area contributed by atoms with Gasteiger partial charge in [-0.3, -0.25) is 4.79 Å². The van der Waals surface area contributed by atoms with Crippen LogP contribution < -0.4 is 4.90 Å². The van der Waals surface area contributed by atoms with E-state index in [0.717, 1.165) is 0 Å². The van der Waals surface area contributed by atoms with Gasteiger partial charge >= 0.3 is 0 Å². The highest BCUT2D eigenvalue weighted by Crippen LogP contribution is 2.19. The molecule has 0 aliphatic carbocycles. The average molecular weight is 239 g/mol. The van der Waals surface area contributed by atoms with Gasteiger partial charge in [-0.1, -0.05) is 19.9 Å². The number of carbonyl (C=O) groups is 1. The molecular formula is C13H18FNO2. The minimum atomic E-state index is -0.455. The monoisotopic (exact) mass is 239 g/mol. The van der Waals surface area contributed by atoms with Crippen LogP contribution in [0.1, 0.15) is 13.8 Å². The number of aliphatic hydroxyl groups excluding tert-OH is 1. The first-order valence-electron chi connectivity index (χ1n) is 5.61. The van der Waals surface area contributed by atoms with Gasteiger partial charge in [0.15, 0.2) is 0 Å². The third kappa shape index (κ3) is 3.27. The molecular weight excluding hydrogens is 221 g/mol. The molecule has 0 aliphatic heterocycles. The van der Waals surface area contributed by atoms with Crippen molar-refractivity contribution < 1.29 is 14.3 Å². The van der Waals surface area contributed by atoms with Crippen LogP contribution in [0.4, 0.5) is 10.1 Å². The highest BCUT2D eigenvalue weighted by atomic mass is 19.1. The van der Waals surface area contributed by atoms with E-state index in [0.29, 0.717) is 5.69 Å². The molecule has 17 heavy (non-hydrogen) atoms. The maximum absolute atomic E-state index is 13.0. The summed E-state index contributed by atoms with van der Waals surface area (Å²) in [7, 11) is 1.59. The van der Waals surface area contributed by atoms with Gasteiger partial charge in [0.05, 0.1) is 12.5 Å². The second-order valence-electron chi connectivity index (χ2n) is 4.41. The predicted molar refractivity (Wildman–Crippen MR) is 65.2 cm³/mol. The van der Waals surface area contributed by atoms with Crippen molar-refractivity contribution in [1.82, 2.24) is 0 Å². The molecule has 1 aromatic rings. The van der Waals surface area contributed by atoms with Crippen LogP contribution in [0.5, 0.6) is 0 Å². The molecule has 3 nitrogen and oxygen atoms in total. The first-order valence-corrected chi connectivity index (χ1v) is 5.61. The van der Waals surface area contributed by atoms with Crippen LogP contribution in [0.25, 0.3) is 0 Å². The van der Waals surface area contributed by atoms with Crippen molar-refractivity contribution in [3.63, 3.8) is 0 Å². The van der Waals surface area contributed by atoms with Gasteiger partial charge in [0.1, 0.15) is 5.82 Å². The molecule has 4 heteroatoms. The van der Waals surface area contributed by atoms with Crippen molar-refractivity contribution in [3.05, 3.63) is 30.1 Å². The van der Waals surface area contributed by atoms with Gasteiger partial charge in [-0.25, -0.2) is 4.39 Å². The van der Waals surface area contributed by atoms with E-state index in [-0.39, 0.29) is 24.2 Å². The molecule has 94 valence electrons. The maximum Gasteiger partial charge on any atom is 0.232 e. The van der Waals surface area contributed by atoms with Gasteiger partial charge in [-0.15, -0.1) is 0 Å². The van der Waals surface area contributed by atoms with Crippen LogP contribution >= 0.6 is 0 Å². The third-order valence-corrected chi connectivity index (χ3v) is 2.84. The molecule has 0 saturated carbocycles. The fourth-order valence-electron chi connectivity index (χ4n) is 1.63. The zero-order valence-corrected chi connectivity index (χ0v) is 10.4. The van der Waals surface area contributed by atoms with E-state index in [1.165, 1.54) is 17.0 Å². The highest BCUT2D eigenvalue weighted by molar-refractivity contribution is 5.94. The molecule has 0 bridgehead atoms. The van der Waals surface area contributed by atoms with E-state index in [2.05, 4.69) is 0 Å². The molecule has 0 aliphatic rings. The van der Waals surface area contributed by atoms with Crippen LogP contribution in [-0.4, -0.2) is 24.7 Å². The number of rotatable bonds is 4. The summed E-state index contributed by atoms with van der Waals surface area (Å²) < 4.78 is 13.0. The molecule has 1 amide bonds. The minimum Gasteiger partial charge on any atom is -0.396 e. The molecule has 1 unspecified atom stereocenters. The third-order valence-electron chi connectivity index (χ3n) is 2.84. The van der Waals surface area contributed by atoms with Crippen molar-refractivity contribution >= 4 is 11.6 Å². The molecule has 1 rings (SSSR count). The molecule has 0 radical (unpaired) electrons. The summed E-state index contributed by atoms with van der Waals surface area (Å²) in [5, 5.41) is 9.20. The number of amides is 1. The lowest BCUT2D eigenvalue weighted by Gasteiger charge is -2.24. The Balaban J connectivity index is 2.89. The summed E-state index contributed by atoms with van der Waals surface area (Å²) in [6.45, 7) is 3.55. The summed E-state index contributed by atoms with van der Waals surface area (Å²) in [4.78, 5) is 13.4. The summed E-state index contributed by atoms with van der Waals surface area (Å²) in [6, 6.07) is 5.84. The summed E-state index contributed by atoms with van der Waals surface area (Å²) >= 11 is 0.